The summed E-state index contributed by atoms with van der Waals surface area (Å²) in [5.41, 5.74) is 0.397. The average molecular weight is 289 g/mol. The van der Waals surface area contributed by atoms with Crippen molar-refractivity contribution in [2.75, 3.05) is 18.5 Å². The van der Waals surface area contributed by atoms with Crippen molar-refractivity contribution < 1.29 is 14.3 Å². The van der Waals surface area contributed by atoms with E-state index in [1.165, 1.54) is 0 Å². The number of carbonyl (C=O) groups excluding carboxylic acids is 2. The number of amides is 2. The highest BCUT2D eigenvalue weighted by Crippen LogP contribution is 2.29. The minimum atomic E-state index is -0.721. The zero-order valence-corrected chi connectivity index (χ0v) is 10.7. The predicted octanol–water partition coefficient (Wildman–Crippen LogP) is 1.45. The molecule has 1 saturated heterocycles. The molecule has 1 heterocycles. The Labute approximate surface area is 113 Å². The first-order valence-electron chi connectivity index (χ1n) is 5.20. The highest BCUT2D eigenvalue weighted by Gasteiger charge is 2.25. The molecule has 1 aliphatic heterocycles. The van der Waals surface area contributed by atoms with Crippen molar-refractivity contribution in [3.63, 3.8) is 0 Å². The molecule has 0 saturated carbocycles. The van der Waals surface area contributed by atoms with E-state index < -0.39 is 11.9 Å². The molecule has 1 aromatic rings. The van der Waals surface area contributed by atoms with Gasteiger partial charge in [0.2, 0.25) is 11.8 Å². The molecule has 0 spiro atoms. The maximum absolute atomic E-state index is 11.9. The molecule has 1 aliphatic rings. The van der Waals surface area contributed by atoms with Crippen LogP contribution in [-0.4, -0.2) is 31.1 Å². The molecule has 2 N–H and O–H groups in total. The van der Waals surface area contributed by atoms with Crippen molar-refractivity contribution in [1.82, 2.24) is 5.32 Å². The molecule has 1 unspecified atom stereocenters. The summed E-state index contributed by atoms with van der Waals surface area (Å²) in [4.78, 5) is 23.0. The third-order valence-corrected chi connectivity index (χ3v) is 3.20. The van der Waals surface area contributed by atoms with Crippen molar-refractivity contribution in [3.05, 3.63) is 28.2 Å². The van der Waals surface area contributed by atoms with Crippen LogP contribution in [-0.2, 0) is 14.3 Å². The number of rotatable bonds is 2. The third kappa shape index (κ3) is 2.93. The Balaban J connectivity index is 2.07. The predicted molar refractivity (Wildman–Crippen MR) is 67.8 cm³/mol. The molecular formula is C11H10Cl2N2O3. The highest BCUT2D eigenvalue weighted by molar-refractivity contribution is 6.44. The van der Waals surface area contributed by atoms with Gasteiger partial charge in [0.25, 0.3) is 0 Å². The Bertz CT molecular complexity index is 493. The molecule has 0 aliphatic carbocycles. The van der Waals surface area contributed by atoms with Crippen molar-refractivity contribution in [3.8, 4) is 0 Å². The SMILES string of the molecule is O=C1COCC(C(=O)Nc2cccc(Cl)c2Cl)N1. The van der Waals surface area contributed by atoms with E-state index in [0.717, 1.165) is 0 Å². The maximum Gasteiger partial charge on any atom is 0.249 e. The Kier molecular flexibility index (Phi) is 4.06. The maximum atomic E-state index is 11.9. The normalized spacial score (nSPS) is 19.2. The Morgan fingerprint density at radius 2 is 2.22 bits per heavy atom. The minimum Gasteiger partial charge on any atom is -0.369 e. The van der Waals surface area contributed by atoms with E-state index in [2.05, 4.69) is 10.6 Å². The van der Waals surface area contributed by atoms with Crippen LogP contribution in [0.25, 0.3) is 0 Å². The van der Waals surface area contributed by atoms with Crippen molar-refractivity contribution in [2.24, 2.45) is 0 Å². The fourth-order valence-electron chi connectivity index (χ4n) is 1.51. The lowest BCUT2D eigenvalue weighted by atomic mass is 10.2. The molecule has 18 heavy (non-hydrogen) atoms. The van der Waals surface area contributed by atoms with E-state index in [4.69, 9.17) is 27.9 Å². The molecule has 2 amide bonds. The summed E-state index contributed by atoms with van der Waals surface area (Å²) in [6, 6.07) is 4.18. The Morgan fingerprint density at radius 3 is 2.94 bits per heavy atom. The summed E-state index contributed by atoms with van der Waals surface area (Å²) in [5, 5.41) is 5.72. The van der Waals surface area contributed by atoms with Gasteiger partial charge in [0.05, 0.1) is 22.3 Å². The molecular weight excluding hydrogens is 279 g/mol. The van der Waals surface area contributed by atoms with Crippen LogP contribution in [0.1, 0.15) is 0 Å². The number of ether oxygens (including phenoxy) is 1. The summed E-state index contributed by atoms with van der Waals surface area (Å²) >= 11 is 11.8. The molecule has 0 radical (unpaired) electrons. The molecule has 7 heteroatoms. The van der Waals surface area contributed by atoms with Crippen LogP contribution < -0.4 is 10.6 Å². The van der Waals surface area contributed by atoms with Gasteiger partial charge in [0.15, 0.2) is 0 Å². The number of benzene rings is 1. The summed E-state index contributed by atoms with van der Waals surface area (Å²) in [7, 11) is 0. The van der Waals surface area contributed by atoms with Crippen molar-refractivity contribution in [1.29, 1.82) is 0 Å². The van der Waals surface area contributed by atoms with Crippen LogP contribution in [0.15, 0.2) is 18.2 Å². The van der Waals surface area contributed by atoms with Crippen LogP contribution in [0.3, 0.4) is 0 Å². The van der Waals surface area contributed by atoms with Crippen LogP contribution in [0.5, 0.6) is 0 Å². The molecule has 0 bridgehead atoms. The van der Waals surface area contributed by atoms with Crippen LogP contribution in [0.2, 0.25) is 10.0 Å². The summed E-state index contributed by atoms with van der Waals surface area (Å²) in [6.45, 7) is 0.109. The zero-order valence-electron chi connectivity index (χ0n) is 9.20. The van der Waals surface area contributed by atoms with E-state index in [0.29, 0.717) is 10.7 Å². The largest absolute Gasteiger partial charge is 0.369 e. The second-order valence-corrected chi connectivity index (χ2v) is 4.51. The number of hydrogen-bond acceptors (Lipinski definition) is 3. The van der Waals surface area contributed by atoms with E-state index in [-0.39, 0.29) is 24.1 Å². The number of carbonyl (C=O) groups is 2. The fraction of sp³-hybridized carbons (Fsp3) is 0.273. The third-order valence-electron chi connectivity index (χ3n) is 2.38. The van der Waals surface area contributed by atoms with Gasteiger partial charge in [-0.05, 0) is 12.1 Å². The average Bonchev–Trinajstić information content (AvgIpc) is 2.35. The monoisotopic (exact) mass is 288 g/mol. The van der Waals surface area contributed by atoms with Gasteiger partial charge in [-0.25, -0.2) is 0 Å². The fourth-order valence-corrected chi connectivity index (χ4v) is 1.86. The molecule has 1 aromatic carbocycles. The number of halogens is 2. The molecule has 5 nitrogen and oxygen atoms in total. The van der Waals surface area contributed by atoms with Gasteiger partial charge in [0, 0.05) is 0 Å². The number of hydrogen-bond donors (Lipinski definition) is 2. The van der Waals surface area contributed by atoms with Gasteiger partial charge >= 0.3 is 0 Å². The molecule has 1 atom stereocenters. The summed E-state index contributed by atoms with van der Waals surface area (Å²) < 4.78 is 4.98. The number of nitrogens with one attached hydrogen (secondary N) is 2. The van der Waals surface area contributed by atoms with Crippen molar-refractivity contribution in [2.45, 2.75) is 6.04 Å². The van der Waals surface area contributed by atoms with E-state index in [1.54, 1.807) is 18.2 Å². The van der Waals surface area contributed by atoms with Gasteiger partial charge < -0.3 is 15.4 Å². The van der Waals surface area contributed by atoms with Gasteiger partial charge in [-0.15, -0.1) is 0 Å². The van der Waals surface area contributed by atoms with Crippen LogP contribution in [0.4, 0.5) is 5.69 Å². The molecule has 2 rings (SSSR count). The Morgan fingerprint density at radius 1 is 1.44 bits per heavy atom. The Hall–Kier alpha value is -1.30. The lowest BCUT2D eigenvalue weighted by molar-refractivity contribution is -0.136. The van der Waals surface area contributed by atoms with Gasteiger partial charge in [-0.2, -0.15) is 0 Å². The second-order valence-electron chi connectivity index (χ2n) is 3.73. The van der Waals surface area contributed by atoms with Crippen LogP contribution >= 0.6 is 23.2 Å². The standard InChI is InChI=1S/C11H10Cl2N2O3/c12-6-2-1-3-7(10(6)13)15-11(17)8-4-18-5-9(16)14-8/h1-3,8H,4-5H2,(H,14,16)(H,15,17). The number of anilines is 1. The lowest BCUT2D eigenvalue weighted by Crippen LogP contribution is -2.52. The number of morpholine rings is 1. The topological polar surface area (TPSA) is 67.4 Å². The molecule has 96 valence electrons. The van der Waals surface area contributed by atoms with Crippen molar-refractivity contribution >= 4 is 40.7 Å². The van der Waals surface area contributed by atoms with Gasteiger partial charge in [-0.3, -0.25) is 9.59 Å². The second kappa shape index (κ2) is 5.56. The molecule has 1 fully saturated rings. The van der Waals surface area contributed by atoms with E-state index in [9.17, 15) is 9.59 Å². The van der Waals surface area contributed by atoms with Crippen LogP contribution in [0, 0.1) is 0 Å². The quantitative estimate of drug-likeness (QED) is 0.866. The zero-order chi connectivity index (χ0) is 13.1. The minimum absolute atomic E-state index is 0.0261. The summed E-state index contributed by atoms with van der Waals surface area (Å²) in [6.07, 6.45) is 0. The van der Waals surface area contributed by atoms with Gasteiger partial charge in [-0.1, -0.05) is 29.3 Å². The van der Waals surface area contributed by atoms with E-state index >= 15 is 0 Å². The van der Waals surface area contributed by atoms with E-state index in [1.807, 2.05) is 0 Å². The lowest BCUT2D eigenvalue weighted by Gasteiger charge is -2.22. The molecule has 0 aromatic heterocycles. The first kappa shape index (κ1) is 13.1. The smallest absolute Gasteiger partial charge is 0.249 e. The summed E-state index contributed by atoms with van der Waals surface area (Å²) in [5.74, 6) is -0.717. The first-order chi connectivity index (χ1) is 8.58. The van der Waals surface area contributed by atoms with Gasteiger partial charge in [0.1, 0.15) is 12.6 Å². The highest BCUT2D eigenvalue weighted by atomic mass is 35.5. The first-order valence-corrected chi connectivity index (χ1v) is 5.95.